The molecule has 1 aromatic rings. The molecule has 0 radical (unpaired) electrons. The van der Waals surface area contributed by atoms with Crippen molar-refractivity contribution in [1.82, 2.24) is 5.32 Å². The normalized spacial score (nSPS) is 13.9. The van der Waals surface area contributed by atoms with Crippen molar-refractivity contribution < 1.29 is 8.78 Å². The molecule has 0 aromatic heterocycles. The Morgan fingerprint density at radius 1 is 1.25 bits per heavy atom. The summed E-state index contributed by atoms with van der Waals surface area (Å²) in [5.74, 6) is -0.381. The van der Waals surface area contributed by atoms with E-state index in [-0.39, 0.29) is 17.9 Å². The molecule has 3 heteroatoms. The number of aryl methyl sites for hydroxylation is 1. The average molecular weight is 227 g/mol. The van der Waals surface area contributed by atoms with Gasteiger partial charge in [-0.3, -0.25) is 0 Å². The first-order valence-electron chi connectivity index (χ1n) is 5.44. The Morgan fingerprint density at radius 3 is 2.38 bits per heavy atom. The van der Waals surface area contributed by atoms with Gasteiger partial charge in [-0.15, -0.1) is 0 Å². The number of benzene rings is 1. The second-order valence-corrected chi connectivity index (χ2v) is 5.16. The lowest BCUT2D eigenvalue weighted by Crippen LogP contribution is -2.37. The van der Waals surface area contributed by atoms with Crippen LogP contribution in [0.25, 0.3) is 0 Å². The van der Waals surface area contributed by atoms with Crippen LogP contribution in [0.5, 0.6) is 0 Å². The molecule has 1 unspecified atom stereocenters. The molecule has 1 aromatic carbocycles. The van der Waals surface area contributed by atoms with Gasteiger partial charge in [-0.05, 0) is 51.0 Å². The van der Waals surface area contributed by atoms with Crippen molar-refractivity contribution in [3.63, 3.8) is 0 Å². The SMILES string of the molecule is Cc1cc(F)cc(C(F)CNC(C)(C)C)c1. The topological polar surface area (TPSA) is 12.0 Å². The number of halogens is 2. The Labute approximate surface area is 95.9 Å². The smallest absolute Gasteiger partial charge is 0.138 e. The monoisotopic (exact) mass is 227 g/mol. The van der Waals surface area contributed by atoms with Crippen molar-refractivity contribution >= 4 is 0 Å². The summed E-state index contributed by atoms with van der Waals surface area (Å²) in [6.07, 6.45) is -1.17. The highest BCUT2D eigenvalue weighted by molar-refractivity contribution is 5.25. The van der Waals surface area contributed by atoms with Crippen molar-refractivity contribution in [3.05, 3.63) is 35.1 Å². The number of nitrogens with one attached hydrogen (secondary N) is 1. The predicted molar refractivity (Wildman–Crippen MR) is 62.7 cm³/mol. The number of rotatable bonds is 3. The van der Waals surface area contributed by atoms with Crippen molar-refractivity contribution in [2.45, 2.75) is 39.4 Å². The van der Waals surface area contributed by atoms with Crippen LogP contribution in [0.2, 0.25) is 0 Å². The lowest BCUT2D eigenvalue weighted by atomic mass is 10.1. The molecule has 0 bridgehead atoms. The number of hydrogen-bond donors (Lipinski definition) is 1. The summed E-state index contributed by atoms with van der Waals surface area (Å²) in [6.45, 7) is 7.87. The zero-order chi connectivity index (χ0) is 12.3. The minimum absolute atomic E-state index is 0.132. The predicted octanol–water partition coefficient (Wildman–Crippen LogP) is 3.53. The Bertz CT molecular complexity index is 335. The molecular formula is C13H19F2N. The van der Waals surface area contributed by atoms with Gasteiger partial charge in [0.2, 0.25) is 0 Å². The Morgan fingerprint density at radius 2 is 1.88 bits per heavy atom. The van der Waals surface area contributed by atoms with Crippen molar-refractivity contribution in [2.75, 3.05) is 6.54 Å². The molecule has 0 fully saturated rings. The Hall–Kier alpha value is -0.960. The van der Waals surface area contributed by atoms with Crippen LogP contribution in [0.15, 0.2) is 18.2 Å². The summed E-state index contributed by atoms with van der Waals surface area (Å²) in [4.78, 5) is 0. The van der Waals surface area contributed by atoms with E-state index >= 15 is 0 Å². The molecule has 16 heavy (non-hydrogen) atoms. The molecule has 0 saturated heterocycles. The third-order valence-electron chi connectivity index (χ3n) is 2.24. The van der Waals surface area contributed by atoms with E-state index in [1.165, 1.54) is 12.1 Å². The molecule has 1 N–H and O–H groups in total. The molecule has 0 aliphatic rings. The zero-order valence-corrected chi connectivity index (χ0v) is 10.3. The fourth-order valence-corrected chi connectivity index (χ4v) is 1.46. The summed E-state index contributed by atoms with van der Waals surface area (Å²) in [7, 11) is 0. The maximum absolute atomic E-state index is 13.8. The zero-order valence-electron chi connectivity index (χ0n) is 10.3. The molecule has 0 saturated carbocycles. The van der Waals surface area contributed by atoms with Crippen molar-refractivity contribution in [3.8, 4) is 0 Å². The van der Waals surface area contributed by atoms with Gasteiger partial charge in [0.25, 0.3) is 0 Å². The second kappa shape index (κ2) is 4.91. The third-order valence-corrected chi connectivity index (χ3v) is 2.24. The largest absolute Gasteiger partial charge is 0.309 e. The first-order chi connectivity index (χ1) is 7.28. The van der Waals surface area contributed by atoms with Gasteiger partial charge in [0.05, 0.1) is 0 Å². The van der Waals surface area contributed by atoms with Gasteiger partial charge in [0.15, 0.2) is 0 Å². The minimum atomic E-state index is -1.17. The maximum atomic E-state index is 13.8. The maximum Gasteiger partial charge on any atom is 0.138 e. The average Bonchev–Trinajstić information content (AvgIpc) is 2.11. The summed E-state index contributed by atoms with van der Waals surface area (Å²) < 4.78 is 26.9. The fraction of sp³-hybridized carbons (Fsp3) is 0.538. The van der Waals surface area contributed by atoms with Crippen LogP contribution >= 0.6 is 0 Å². The number of hydrogen-bond acceptors (Lipinski definition) is 1. The lowest BCUT2D eigenvalue weighted by molar-refractivity contribution is 0.291. The third kappa shape index (κ3) is 4.27. The van der Waals surface area contributed by atoms with Gasteiger partial charge in [-0.1, -0.05) is 6.07 Å². The van der Waals surface area contributed by atoms with Gasteiger partial charge < -0.3 is 5.32 Å². The van der Waals surface area contributed by atoms with Gasteiger partial charge in [0, 0.05) is 12.1 Å². The van der Waals surface area contributed by atoms with E-state index in [2.05, 4.69) is 5.32 Å². The van der Waals surface area contributed by atoms with E-state index in [1.54, 1.807) is 13.0 Å². The highest BCUT2D eigenvalue weighted by Crippen LogP contribution is 2.20. The van der Waals surface area contributed by atoms with Gasteiger partial charge in [-0.2, -0.15) is 0 Å². The fourth-order valence-electron chi connectivity index (χ4n) is 1.46. The van der Waals surface area contributed by atoms with Gasteiger partial charge in [-0.25, -0.2) is 8.78 Å². The van der Waals surface area contributed by atoms with E-state index in [0.29, 0.717) is 5.56 Å². The second-order valence-electron chi connectivity index (χ2n) is 5.16. The van der Waals surface area contributed by atoms with E-state index in [9.17, 15) is 8.78 Å². The van der Waals surface area contributed by atoms with E-state index in [0.717, 1.165) is 5.56 Å². The molecule has 0 aliphatic heterocycles. The van der Waals surface area contributed by atoms with Crippen molar-refractivity contribution in [1.29, 1.82) is 0 Å². The molecule has 0 amide bonds. The number of alkyl halides is 1. The summed E-state index contributed by atoms with van der Waals surface area (Å²) in [5.41, 5.74) is 1.01. The van der Waals surface area contributed by atoms with Crippen LogP contribution in [-0.2, 0) is 0 Å². The van der Waals surface area contributed by atoms with Crippen LogP contribution < -0.4 is 5.32 Å². The Kier molecular flexibility index (Phi) is 4.03. The molecular weight excluding hydrogens is 208 g/mol. The minimum Gasteiger partial charge on any atom is -0.309 e. The lowest BCUT2D eigenvalue weighted by Gasteiger charge is -2.22. The molecule has 0 heterocycles. The van der Waals surface area contributed by atoms with E-state index in [4.69, 9.17) is 0 Å². The summed E-state index contributed by atoms with van der Waals surface area (Å²) >= 11 is 0. The molecule has 0 spiro atoms. The quantitative estimate of drug-likeness (QED) is 0.833. The summed E-state index contributed by atoms with van der Waals surface area (Å²) in [5, 5.41) is 3.06. The van der Waals surface area contributed by atoms with Crippen molar-refractivity contribution in [2.24, 2.45) is 0 Å². The van der Waals surface area contributed by atoms with E-state index < -0.39 is 6.17 Å². The standard InChI is InChI=1S/C13H19F2N/c1-9-5-10(7-11(14)6-9)12(15)8-16-13(2,3)4/h5-7,12,16H,8H2,1-4H3. The highest BCUT2D eigenvalue weighted by atomic mass is 19.1. The first kappa shape index (κ1) is 13.1. The van der Waals surface area contributed by atoms with Crippen LogP contribution in [0.3, 0.4) is 0 Å². The first-order valence-corrected chi connectivity index (χ1v) is 5.44. The van der Waals surface area contributed by atoms with Gasteiger partial charge in [0.1, 0.15) is 12.0 Å². The van der Waals surface area contributed by atoms with Crippen LogP contribution in [0, 0.1) is 12.7 Å². The molecule has 1 nitrogen and oxygen atoms in total. The Balaban J connectivity index is 2.69. The van der Waals surface area contributed by atoms with Crippen LogP contribution in [-0.4, -0.2) is 12.1 Å². The summed E-state index contributed by atoms with van der Waals surface area (Å²) in [6, 6.07) is 4.33. The molecule has 0 aliphatic carbocycles. The highest BCUT2D eigenvalue weighted by Gasteiger charge is 2.15. The van der Waals surface area contributed by atoms with Gasteiger partial charge >= 0.3 is 0 Å². The van der Waals surface area contributed by atoms with E-state index in [1.807, 2.05) is 20.8 Å². The van der Waals surface area contributed by atoms with Crippen LogP contribution in [0.4, 0.5) is 8.78 Å². The van der Waals surface area contributed by atoms with Crippen LogP contribution in [0.1, 0.15) is 38.1 Å². The molecule has 1 atom stereocenters. The molecule has 1 rings (SSSR count). The molecule has 90 valence electrons.